The Kier molecular flexibility index (Phi) is 6.21. The summed E-state index contributed by atoms with van der Waals surface area (Å²) in [5.74, 6) is 0. The van der Waals surface area contributed by atoms with Crippen LogP contribution >= 0.6 is 0 Å². The Morgan fingerprint density at radius 1 is 1.08 bits per heavy atom. The van der Waals surface area contributed by atoms with Gasteiger partial charge in [0.25, 0.3) is 0 Å². The molecule has 1 unspecified atom stereocenters. The molecular weight excluding hydrogens is 314 g/mol. The summed E-state index contributed by atoms with van der Waals surface area (Å²) >= 11 is 0. The third-order valence-electron chi connectivity index (χ3n) is 3.72. The van der Waals surface area contributed by atoms with Crippen LogP contribution in [0.5, 0.6) is 0 Å². The highest BCUT2D eigenvalue weighted by Crippen LogP contribution is 2.19. The van der Waals surface area contributed by atoms with Gasteiger partial charge in [-0.2, -0.15) is 0 Å². The van der Waals surface area contributed by atoms with Crippen LogP contribution in [0, 0.1) is 6.92 Å². The number of amides is 1. The Morgan fingerprint density at radius 3 is 2.24 bits per heavy atom. The molecule has 0 aromatic heterocycles. The lowest BCUT2D eigenvalue weighted by molar-refractivity contribution is 0.0124. The van der Waals surface area contributed by atoms with Crippen molar-refractivity contribution in [1.29, 1.82) is 0 Å². The Bertz CT molecular complexity index is 675. The third kappa shape index (κ3) is 6.24. The van der Waals surface area contributed by atoms with Crippen molar-refractivity contribution in [2.45, 2.75) is 45.9 Å². The first kappa shape index (κ1) is 19.0. The van der Waals surface area contributed by atoms with Gasteiger partial charge < -0.3 is 14.7 Å². The van der Waals surface area contributed by atoms with Crippen LogP contribution < -0.4 is 0 Å². The fourth-order valence-electron chi connectivity index (χ4n) is 2.44. The van der Waals surface area contributed by atoms with Gasteiger partial charge in [0.15, 0.2) is 0 Å². The summed E-state index contributed by atoms with van der Waals surface area (Å²) in [7, 11) is 0. The lowest BCUT2D eigenvalue weighted by Gasteiger charge is -2.29. The van der Waals surface area contributed by atoms with Crippen molar-refractivity contribution < 1.29 is 14.6 Å². The first-order valence-electron chi connectivity index (χ1n) is 8.51. The van der Waals surface area contributed by atoms with Gasteiger partial charge in [-0.3, -0.25) is 0 Å². The molecule has 0 aliphatic carbocycles. The Morgan fingerprint density at radius 2 is 1.68 bits per heavy atom. The van der Waals surface area contributed by atoms with Gasteiger partial charge in [-0.1, -0.05) is 60.2 Å². The number of aliphatic hydroxyl groups excluding tert-OH is 1. The Balaban J connectivity index is 2.15. The highest BCUT2D eigenvalue weighted by atomic mass is 16.6. The smallest absolute Gasteiger partial charge is 0.410 e. The monoisotopic (exact) mass is 341 g/mol. The van der Waals surface area contributed by atoms with Gasteiger partial charge >= 0.3 is 6.09 Å². The molecule has 0 bridgehead atoms. The lowest BCUT2D eigenvalue weighted by atomic mass is 10.1. The summed E-state index contributed by atoms with van der Waals surface area (Å²) < 4.78 is 5.50. The molecule has 0 saturated carbocycles. The SMILES string of the molecule is Cc1ccc(C(O)CN(Cc2ccccc2)C(=O)OC(C)(C)C)cc1. The molecule has 134 valence electrons. The van der Waals surface area contributed by atoms with Gasteiger partial charge in [0, 0.05) is 6.54 Å². The van der Waals surface area contributed by atoms with Crippen molar-refractivity contribution in [3.8, 4) is 0 Å². The quantitative estimate of drug-likeness (QED) is 0.873. The molecule has 4 heteroatoms. The largest absolute Gasteiger partial charge is 0.444 e. The van der Waals surface area contributed by atoms with Gasteiger partial charge in [0.05, 0.1) is 12.6 Å². The molecule has 2 aromatic rings. The number of aliphatic hydroxyl groups is 1. The Labute approximate surface area is 150 Å². The molecule has 0 aliphatic rings. The zero-order chi connectivity index (χ0) is 18.4. The molecule has 2 rings (SSSR count). The van der Waals surface area contributed by atoms with Gasteiger partial charge in [-0.15, -0.1) is 0 Å². The van der Waals surface area contributed by atoms with Crippen molar-refractivity contribution in [3.05, 3.63) is 71.3 Å². The Hall–Kier alpha value is -2.33. The number of aryl methyl sites for hydroxylation is 1. The molecule has 1 atom stereocenters. The molecule has 0 spiro atoms. The van der Waals surface area contributed by atoms with E-state index in [2.05, 4.69) is 0 Å². The molecule has 4 nitrogen and oxygen atoms in total. The van der Waals surface area contributed by atoms with Crippen molar-refractivity contribution in [3.63, 3.8) is 0 Å². The molecule has 2 aromatic carbocycles. The van der Waals surface area contributed by atoms with Crippen molar-refractivity contribution in [2.75, 3.05) is 6.54 Å². The predicted octanol–water partition coefficient (Wildman–Crippen LogP) is 4.47. The second-order valence-corrected chi connectivity index (χ2v) is 7.27. The van der Waals surface area contributed by atoms with E-state index in [1.807, 2.05) is 82.3 Å². The van der Waals surface area contributed by atoms with Crippen LogP contribution in [-0.2, 0) is 11.3 Å². The number of hydrogen-bond acceptors (Lipinski definition) is 3. The zero-order valence-corrected chi connectivity index (χ0v) is 15.4. The number of carbonyl (C=O) groups is 1. The third-order valence-corrected chi connectivity index (χ3v) is 3.72. The second-order valence-electron chi connectivity index (χ2n) is 7.27. The average molecular weight is 341 g/mol. The first-order valence-corrected chi connectivity index (χ1v) is 8.51. The normalized spacial score (nSPS) is 12.5. The van der Waals surface area contributed by atoms with Gasteiger partial charge in [-0.05, 0) is 38.8 Å². The van der Waals surface area contributed by atoms with E-state index >= 15 is 0 Å². The minimum atomic E-state index is -0.767. The molecule has 1 amide bonds. The summed E-state index contributed by atoms with van der Waals surface area (Å²) in [5.41, 5.74) is 2.32. The molecule has 25 heavy (non-hydrogen) atoms. The highest BCUT2D eigenvalue weighted by molar-refractivity contribution is 5.68. The summed E-state index contributed by atoms with van der Waals surface area (Å²) in [6, 6.07) is 17.4. The second kappa shape index (κ2) is 8.17. The standard InChI is InChI=1S/C21H27NO3/c1-16-10-12-18(13-11-16)19(23)15-22(20(24)25-21(2,3)4)14-17-8-6-5-7-9-17/h5-13,19,23H,14-15H2,1-4H3. The maximum Gasteiger partial charge on any atom is 0.410 e. The summed E-state index contributed by atoms with van der Waals surface area (Å²) in [4.78, 5) is 14.1. The fourth-order valence-corrected chi connectivity index (χ4v) is 2.44. The predicted molar refractivity (Wildman–Crippen MR) is 99.2 cm³/mol. The van der Waals surface area contributed by atoms with Crippen LogP contribution in [0.15, 0.2) is 54.6 Å². The number of nitrogens with zero attached hydrogens (tertiary/aromatic N) is 1. The molecule has 1 N–H and O–H groups in total. The number of rotatable bonds is 5. The number of hydrogen-bond donors (Lipinski definition) is 1. The minimum absolute atomic E-state index is 0.173. The van der Waals surface area contributed by atoms with E-state index in [0.29, 0.717) is 6.54 Å². The van der Waals surface area contributed by atoms with Crippen LogP contribution in [0.25, 0.3) is 0 Å². The first-order chi connectivity index (χ1) is 11.7. The van der Waals surface area contributed by atoms with Crippen LogP contribution in [0.4, 0.5) is 4.79 Å². The van der Waals surface area contributed by atoms with Crippen molar-refractivity contribution in [2.24, 2.45) is 0 Å². The molecule has 0 radical (unpaired) electrons. The van der Waals surface area contributed by atoms with Gasteiger partial charge in [-0.25, -0.2) is 4.79 Å². The topological polar surface area (TPSA) is 49.8 Å². The van der Waals surface area contributed by atoms with Crippen LogP contribution in [0.2, 0.25) is 0 Å². The van der Waals surface area contributed by atoms with Crippen molar-refractivity contribution in [1.82, 2.24) is 4.90 Å². The van der Waals surface area contributed by atoms with Crippen LogP contribution in [-0.4, -0.2) is 28.2 Å². The maximum absolute atomic E-state index is 12.6. The maximum atomic E-state index is 12.6. The number of benzene rings is 2. The molecule has 0 heterocycles. The fraction of sp³-hybridized carbons (Fsp3) is 0.381. The molecule has 0 fully saturated rings. The summed E-state index contributed by atoms with van der Waals surface area (Å²) in [6.07, 6.45) is -1.20. The van der Waals surface area contributed by atoms with E-state index in [9.17, 15) is 9.90 Å². The van der Waals surface area contributed by atoms with E-state index in [1.165, 1.54) is 0 Å². The summed E-state index contributed by atoms with van der Waals surface area (Å²) in [6.45, 7) is 8.07. The van der Waals surface area contributed by atoms with E-state index < -0.39 is 17.8 Å². The van der Waals surface area contributed by atoms with Gasteiger partial charge in [0.1, 0.15) is 5.60 Å². The minimum Gasteiger partial charge on any atom is -0.444 e. The summed E-state index contributed by atoms with van der Waals surface area (Å²) in [5, 5.41) is 10.6. The average Bonchev–Trinajstić information content (AvgIpc) is 2.54. The highest BCUT2D eigenvalue weighted by Gasteiger charge is 2.24. The van der Waals surface area contributed by atoms with E-state index in [1.54, 1.807) is 4.90 Å². The number of ether oxygens (including phenoxy) is 1. The molecule has 0 saturated heterocycles. The van der Waals surface area contributed by atoms with E-state index in [4.69, 9.17) is 4.74 Å². The zero-order valence-electron chi connectivity index (χ0n) is 15.4. The number of carbonyl (C=O) groups excluding carboxylic acids is 1. The lowest BCUT2D eigenvalue weighted by Crippen LogP contribution is -2.38. The van der Waals surface area contributed by atoms with Crippen LogP contribution in [0.1, 0.15) is 43.6 Å². The van der Waals surface area contributed by atoms with Gasteiger partial charge in [0.2, 0.25) is 0 Å². The van der Waals surface area contributed by atoms with Crippen molar-refractivity contribution >= 4 is 6.09 Å². The molecule has 0 aliphatic heterocycles. The van der Waals surface area contributed by atoms with E-state index in [-0.39, 0.29) is 6.54 Å². The van der Waals surface area contributed by atoms with E-state index in [0.717, 1.165) is 16.7 Å². The van der Waals surface area contributed by atoms with Crippen LogP contribution in [0.3, 0.4) is 0 Å². The molecular formula is C21H27NO3.